The first-order valence-electron chi connectivity index (χ1n) is 38.0. The van der Waals surface area contributed by atoms with E-state index in [0.29, 0.717) is 30.6 Å². The summed E-state index contributed by atoms with van der Waals surface area (Å²) in [6.07, 6.45) is -47.6. The van der Waals surface area contributed by atoms with Crippen LogP contribution in [0.1, 0.15) is 119 Å². The first-order valence-corrected chi connectivity index (χ1v) is 38.0. The van der Waals surface area contributed by atoms with Crippen molar-refractivity contribution in [3.8, 4) is 5.75 Å². The first-order chi connectivity index (χ1) is 51.8. The van der Waals surface area contributed by atoms with Gasteiger partial charge < -0.3 is 158 Å². The van der Waals surface area contributed by atoms with Crippen LogP contribution in [0.4, 0.5) is 0 Å². The molecule has 12 rings (SSSR count). The first kappa shape index (κ1) is 85.2. The molecular weight excluding hydrogens is 1460 g/mol. The summed E-state index contributed by atoms with van der Waals surface area (Å²) in [7, 11) is 1.48. The number of carbonyl (C=O) groups excluding carboxylic acids is 2. The second-order valence-electron chi connectivity index (χ2n) is 33.7. The van der Waals surface area contributed by atoms with Crippen molar-refractivity contribution in [3.63, 3.8) is 0 Å². The molecule has 6 heterocycles. The largest absolute Gasteiger partial charge is 0.497 e. The maximum atomic E-state index is 16.4. The van der Waals surface area contributed by atoms with Crippen LogP contribution in [-0.4, -0.2) is 334 Å². The minimum Gasteiger partial charge on any atom is -0.497 e. The molecule has 11 aliphatic rings. The van der Waals surface area contributed by atoms with Gasteiger partial charge in [0.15, 0.2) is 43.7 Å². The number of hydrogen-bond acceptors (Lipinski definition) is 34. The van der Waals surface area contributed by atoms with Gasteiger partial charge in [0.1, 0.15) is 122 Å². The standard InChI is InChI=1S/C75H112O35/c1-30-44(81)48(85)53(90)63(99-30)107-59-58(105-43(80)17-12-33-10-13-34(97-9)14-11-33)32(3)101-67(60(59)108-64-56(93)51(88)57(31(2)100-64)106-62-52(89)47(84)40(28-98-62)104-65-54(91)49(86)45(82)38(26-76)102-65)110-69(96)74-21-20-70(4,5)24-36(74)35-15-16-41-71(6)25-37(79)61(109-66-55(92)50(87)46(83)39(27-77)103-66)73(8,68(94)95)42(71)18-19-72(41,7)75(35,29-78)23-22-74/h10-15,17,30-32,36-42,44-67,76-79,81-93H,16,18-29H2,1-9H3,(H,94,95)/t30-,31-,32+,36-,37+,38-,39-,40-,41-,42-,44+,45-,46-,47-,48+,49-,50-,51+,52-,53+,54-,55-,56-,57-,58-,59-,60+,61+,62-,63-,64-,65-,66-,67-,71+,72-,73+,74-,75?/m1/s1. The fourth-order valence-electron chi connectivity index (χ4n) is 20.4. The van der Waals surface area contributed by atoms with E-state index in [9.17, 15) is 102 Å². The van der Waals surface area contributed by atoms with E-state index in [1.165, 1.54) is 40.9 Å². The highest BCUT2D eigenvalue weighted by atomic mass is 16.8. The van der Waals surface area contributed by atoms with Crippen molar-refractivity contribution in [2.75, 3.05) is 33.5 Å². The van der Waals surface area contributed by atoms with Gasteiger partial charge in [-0.2, -0.15) is 0 Å². The summed E-state index contributed by atoms with van der Waals surface area (Å²) < 4.78 is 85.3. The molecule has 0 radical (unpaired) electrons. The lowest BCUT2D eigenvalue weighted by Crippen LogP contribution is -2.71. The number of allylic oxidation sites excluding steroid dienone is 1. The average molecular weight is 1570 g/mol. The Hall–Kier alpha value is -4.21. The maximum Gasteiger partial charge on any atom is 0.331 e. The van der Waals surface area contributed by atoms with Gasteiger partial charge in [-0.15, -0.1) is 0 Å². The molecule has 10 fully saturated rings. The van der Waals surface area contributed by atoms with Gasteiger partial charge in [-0.05, 0) is 143 Å². The molecule has 110 heavy (non-hydrogen) atoms. The van der Waals surface area contributed by atoms with Crippen molar-refractivity contribution in [2.24, 2.45) is 50.2 Å². The molecule has 6 aliphatic heterocycles. The SMILES string of the molecule is COc1ccc(C=CC(=O)O[C@H]2[C@@H](O[C@H]3O[C@H](C)[C@H](O)[C@H](O)[C@@H]3O)[C@H](O[C@H]3O[C@H](C)[C@@H](O[C@H]4OC[C@@H](O[C@H]5O[C@H](CO)[C@@H](O)[C@@H](O)[C@H]5O)[C@@H](O)[C@H]4O)[C@@H](O)[C@H]3O)[C@@H](OC(=O)[C@@]34CCC(C)(C)C[C@@H]3C3=CC[C@@H]5[C@]6(C)C[C@H](O)[C@H](O[C@H]7O[C@H](CO)[C@@H](O)[C@@H](O)[C@H]7O)[C@@](C)(C(=O)O)[C@@H]6CC[C@@]5(C)C3(CO)CC4)O[C@H]2C)cc1. The number of carbonyl (C=O) groups is 3. The summed E-state index contributed by atoms with van der Waals surface area (Å²) in [6.45, 7) is 11.2. The number of rotatable bonds is 20. The summed E-state index contributed by atoms with van der Waals surface area (Å²) >= 11 is 0. The fraction of sp³-hybridized carbons (Fsp3) is 0.827. The zero-order valence-corrected chi connectivity index (χ0v) is 62.9. The van der Waals surface area contributed by atoms with Crippen molar-refractivity contribution < 1.29 is 173 Å². The van der Waals surface area contributed by atoms with E-state index in [0.717, 1.165) is 11.6 Å². The van der Waals surface area contributed by atoms with E-state index < -0.39 is 285 Å². The number of carboxylic acids is 1. The molecule has 35 heteroatoms. The number of ether oxygens (including phenoxy) is 14. The quantitative estimate of drug-likeness (QED) is 0.0262. The molecule has 5 aliphatic carbocycles. The van der Waals surface area contributed by atoms with Gasteiger partial charge in [-0.3, -0.25) is 9.59 Å². The smallest absolute Gasteiger partial charge is 0.331 e. The van der Waals surface area contributed by atoms with E-state index in [2.05, 4.69) is 20.8 Å². The molecule has 35 nitrogen and oxygen atoms in total. The van der Waals surface area contributed by atoms with Gasteiger partial charge in [0, 0.05) is 11.5 Å². The molecule has 18 N–H and O–H groups in total. The van der Waals surface area contributed by atoms with Crippen LogP contribution in [0.25, 0.3) is 6.08 Å². The summed E-state index contributed by atoms with van der Waals surface area (Å²) in [5.41, 5.74) is -5.40. The minimum atomic E-state index is -2.18. The van der Waals surface area contributed by atoms with Crippen LogP contribution in [0.15, 0.2) is 42.0 Å². The molecule has 622 valence electrons. The van der Waals surface area contributed by atoms with Crippen LogP contribution in [0.2, 0.25) is 0 Å². The average Bonchev–Trinajstić information content (AvgIpc) is 0.668. The van der Waals surface area contributed by atoms with Crippen molar-refractivity contribution in [3.05, 3.63) is 47.6 Å². The Labute approximate surface area is 635 Å². The summed E-state index contributed by atoms with van der Waals surface area (Å²) in [5, 5.41) is 200. The molecule has 1 unspecified atom stereocenters. The maximum absolute atomic E-state index is 16.4. The molecule has 1 aromatic carbocycles. The monoisotopic (exact) mass is 1570 g/mol. The molecule has 4 saturated carbocycles. The Morgan fingerprint density at radius 2 is 1.06 bits per heavy atom. The zero-order chi connectivity index (χ0) is 80.1. The number of methoxy groups -OCH3 is 1. The van der Waals surface area contributed by atoms with Crippen LogP contribution in [0.5, 0.6) is 5.75 Å². The Kier molecular flexibility index (Phi) is 25.3. The van der Waals surface area contributed by atoms with E-state index in [1.54, 1.807) is 24.3 Å². The van der Waals surface area contributed by atoms with Crippen molar-refractivity contribution >= 4 is 24.0 Å². The number of benzene rings is 1. The van der Waals surface area contributed by atoms with Gasteiger partial charge in [0.05, 0.1) is 68.8 Å². The number of esters is 2. The number of aliphatic carboxylic acids is 1. The van der Waals surface area contributed by atoms with Crippen molar-refractivity contribution in [1.29, 1.82) is 0 Å². The van der Waals surface area contributed by atoms with Gasteiger partial charge in [-0.25, -0.2) is 4.79 Å². The number of carboxylic acid groups (broad SMARTS) is 1. The highest BCUT2D eigenvalue weighted by Crippen LogP contribution is 2.76. The van der Waals surface area contributed by atoms with Gasteiger partial charge in [0.2, 0.25) is 6.29 Å². The summed E-state index contributed by atoms with van der Waals surface area (Å²) in [5.74, 6) is -4.46. The fourth-order valence-corrected chi connectivity index (χ4v) is 20.4. The van der Waals surface area contributed by atoms with E-state index in [-0.39, 0.29) is 38.5 Å². The molecular formula is C75H112O35. The third kappa shape index (κ3) is 15.0. The van der Waals surface area contributed by atoms with E-state index in [1.807, 2.05) is 13.0 Å². The van der Waals surface area contributed by atoms with E-state index >= 15 is 4.79 Å². The molecule has 0 aromatic heterocycles. The molecule has 6 saturated heterocycles. The Bertz CT molecular complexity index is 3420. The van der Waals surface area contributed by atoms with Crippen LogP contribution in [0, 0.1) is 50.2 Å². The van der Waals surface area contributed by atoms with Crippen LogP contribution < -0.4 is 4.74 Å². The lowest BCUT2D eigenvalue weighted by atomic mass is 9.33. The second-order valence-corrected chi connectivity index (χ2v) is 33.7. The number of fused-ring (bicyclic) bond motifs is 7. The third-order valence-corrected chi connectivity index (χ3v) is 26.9. The predicted molar refractivity (Wildman–Crippen MR) is 368 cm³/mol. The van der Waals surface area contributed by atoms with Crippen LogP contribution in [-0.2, 0) is 76.0 Å². The van der Waals surface area contributed by atoms with Gasteiger partial charge in [0.25, 0.3) is 0 Å². The highest BCUT2D eigenvalue weighted by molar-refractivity contribution is 5.87. The number of aliphatic hydroxyl groups excluding tert-OH is 17. The molecule has 39 atom stereocenters. The molecule has 0 amide bonds. The normalized spacial score (nSPS) is 50.2. The molecule has 1 aromatic rings. The third-order valence-electron chi connectivity index (χ3n) is 26.9. The zero-order valence-electron chi connectivity index (χ0n) is 62.9. The lowest BCUT2D eigenvalue weighted by molar-refractivity contribution is -0.392. The summed E-state index contributed by atoms with van der Waals surface area (Å²) in [6, 6.07) is 6.64. The minimum absolute atomic E-state index is 0.0281. The topological polar surface area (TPSA) is 545 Å². The Morgan fingerprint density at radius 1 is 0.527 bits per heavy atom. The number of hydrogen-bond donors (Lipinski definition) is 18. The highest BCUT2D eigenvalue weighted by Gasteiger charge is 2.74. The Morgan fingerprint density at radius 3 is 1.66 bits per heavy atom. The molecule has 0 spiro atoms. The number of aliphatic hydroxyl groups is 17. The Balaban J connectivity index is 0.857. The van der Waals surface area contributed by atoms with Crippen LogP contribution >= 0.6 is 0 Å². The lowest BCUT2D eigenvalue weighted by Gasteiger charge is -2.71. The summed E-state index contributed by atoms with van der Waals surface area (Å²) in [4.78, 5) is 44.7. The molecule has 0 bridgehead atoms. The van der Waals surface area contributed by atoms with Crippen molar-refractivity contribution in [1.82, 2.24) is 0 Å². The predicted octanol–water partition coefficient (Wildman–Crippen LogP) is -3.38. The van der Waals surface area contributed by atoms with Crippen molar-refractivity contribution in [2.45, 2.75) is 304 Å². The van der Waals surface area contributed by atoms with Gasteiger partial charge >= 0.3 is 17.9 Å². The second kappa shape index (κ2) is 32.7. The van der Waals surface area contributed by atoms with Gasteiger partial charge in [-0.1, -0.05) is 51.5 Å². The van der Waals surface area contributed by atoms with Crippen LogP contribution in [0.3, 0.4) is 0 Å². The van der Waals surface area contributed by atoms with E-state index in [4.69, 9.17) is 66.3 Å².